The second-order valence-electron chi connectivity index (χ2n) is 3.65. The van der Waals surface area contributed by atoms with Crippen LogP contribution in [-0.4, -0.2) is 13.4 Å². The maximum absolute atomic E-state index is 13.1. The topological polar surface area (TPSA) is 85.1 Å². The number of nitrogen functional groups attached to an aromatic ring is 1. The molecule has 1 heterocycles. The lowest BCUT2D eigenvalue weighted by molar-refractivity contribution is 0.602. The predicted molar refractivity (Wildman–Crippen MR) is 76.2 cm³/mol. The van der Waals surface area contributed by atoms with Crippen LogP contribution in [0, 0.1) is 12.7 Å². The number of aromatic nitrogens is 1. The zero-order valence-corrected chi connectivity index (χ0v) is 12.9. The van der Waals surface area contributed by atoms with Crippen LogP contribution in [0.2, 0.25) is 0 Å². The molecule has 9 heteroatoms. The van der Waals surface area contributed by atoms with Gasteiger partial charge in [0, 0.05) is 4.47 Å². The van der Waals surface area contributed by atoms with Gasteiger partial charge in [-0.25, -0.2) is 17.8 Å². The summed E-state index contributed by atoms with van der Waals surface area (Å²) in [7, 11) is -3.83. The molecule has 0 radical (unpaired) electrons. The molecule has 0 aliphatic carbocycles. The Morgan fingerprint density at radius 2 is 2.16 bits per heavy atom. The van der Waals surface area contributed by atoms with E-state index in [9.17, 15) is 12.8 Å². The third-order valence-electron chi connectivity index (χ3n) is 2.19. The molecule has 102 valence electrons. The molecule has 0 atom stereocenters. The van der Waals surface area contributed by atoms with Crippen LogP contribution in [0.5, 0.6) is 0 Å². The molecule has 3 N–H and O–H groups in total. The highest BCUT2D eigenvalue weighted by Crippen LogP contribution is 2.30. The maximum atomic E-state index is 13.1. The molecule has 0 unspecified atom stereocenters. The van der Waals surface area contributed by atoms with E-state index in [1.165, 1.54) is 12.1 Å². The van der Waals surface area contributed by atoms with Gasteiger partial charge in [-0.2, -0.15) is 0 Å². The quantitative estimate of drug-likeness (QED) is 0.875. The lowest BCUT2D eigenvalue weighted by Crippen LogP contribution is -2.13. The Balaban J connectivity index is 2.42. The first-order valence-electron chi connectivity index (χ1n) is 5.00. The zero-order chi connectivity index (χ0) is 14.2. The molecular weight excluding hydrogens is 357 g/mol. The Morgan fingerprint density at radius 3 is 2.74 bits per heavy atom. The molecule has 2 aromatic rings. The van der Waals surface area contributed by atoms with Crippen molar-refractivity contribution in [3.05, 3.63) is 34.2 Å². The van der Waals surface area contributed by atoms with Crippen LogP contribution in [0.15, 0.2) is 26.9 Å². The summed E-state index contributed by atoms with van der Waals surface area (Å²) in [6.45, 7) is 1.54. The van der Waals surface area contributed by atoms with Crippen LogP contribution in [0.1, 0.15) is 5.69 Å². The largest absolute Gasteiger partial charge is 0.375 e. The first kappa shape index (κ1) is 14.2. The van der Waals surface area contributed by atoms with E-state index in [0.29, 0.717) is 10.2 Å². The summed E-state index contributed by atoms with van der Waals surface area (Å²) >= 11 is 4.01. The minimum Gasteiger partial charge on any atom is -0.375 e. The Morgan fingerprint density at radius 1 is 1.47 bits per heavy atom. The Hall–Kier alpha value is -1.19. The molecule has 1 aromatic heterocycles. The average molecular weight is 366 g/mol. The second-order valence-corrected chi connectivity index (χ2v) is 7.42. The molecule has 0 bridgehead atoms. The number of thiazole rings is 1. The third kappa shape index (κ3) is 3.04. The van der Waals surface area contributed by atoms with Crippen molar-refractivity contribution in [3.8, 4) is 0 Å². The number of nitrogens with zero attached hydrogens (tertiary/aromatic N) is 1. The molecule has 0 amide bonds. The molecule has 0 saturated carbocycles. The Kier molecular flexibility index (Phi) is 3.79. The minimum absolute atomic E-state index is 0.0150. The van der Waals surface area contributed by atoms with Crippen molar-refractivity contribution >= 4 is 48.1 Å². The first-order chi connectivity index (χ1) is 8.79. The van der Waals surface area contributed by atoms with Gasteiger partial charge in [-0.1, -0.05) is 11.3 Å². The molecule has 0 spiro atoms. The van der Waals surface area contributed by atoms with Crippen LogP contribution < -0.4 is 10.5 Å². The van der Waals surface area contributed by atoms with Crippen LogP contribution in [-0.2, 0) is 10.0 Å². The van der Waals surface area contributed by atoms with Gasteiger partial charge in [0.1, 0.15) is 5.82 Å². The van der Waals surface area contributed by atoms with E-state index in [4.69, 9.17) is 5.73 Å². The van der Waals surface area contributed by atoms with E-state index in [0.717, 1.165) is 17.4 Å². The van der Waals surface area contributed by atoms with Gasteiger partial charge < -0.3 is 5.73 Å². The van der Waals surface area contributed by atoms with E-state index in [-0.39, 0.29) is 15.0 Å². The third-order valence-corrected chi connectivity index (χ3v) is 5.84. The van der Waals surface area contributed by atoms with Gasteiger partial charge in [0.25, 0.3) is 10.0 Å². The van der Waals surface area contributed by atoms with E-state index in [2.05, 4.69) is 25.6 Å². The average Bonchev–Trinajstić information content (AvgIpc) is 2.63. The van der Waals surface area contributed by atoms with Gasteiger partial charge in [-0.3, -0.25) is 4.72 Å². The first-order valence-corrected chi connectivity index (χ1v) is 8.09. The number of sulfonamides is 1. The SMILES string of the molecule is Cc1nc(N)sc1S(=O)(=O)Nc1cc(F)ccc1Br. The Bertz CT molecular complexity index is 730. The monoisotopic (exact) mass is 365 g/mol. The number of aryl methyl sites for hydroxylation is 1. The van der Waals surface area contributed by atoms with Crippen molar-refractivity contribution in [1.82, 2.24) is 4.98 Å². The molecular formula is C10H9BrFN3O2S2. The normalized spacial score (nSPS) is 11.5. The van der Waals surface area contributed by atoms with E-state index in [1.54, 1.807) is 6.92 Å². The van der Waals surface area contributed by atoms with E-state index < -0.39 is 15.8 Å². The fourth-order valence-electron chi connectivity index (χ4n) is 1.42. The van der Waals surface area contributed by atoms with Crippen molar-refractivity contribution in [2.45, 2.75) is 11.1 Å². The molecule has 0 aliphatic rings. The fourth-order valence-corrected chi connectivity index (χ4v) is 4.27. The van der Waals surface area contributed by atoms with Gasteiger partial charge in [-0.05, 0) is 41.1 Å². The lowest BCUT2D eigenvalue weighted by atomic mass is 10.3. The van der Waals surface area contributed by atoms with Gasteiger partial charge in [0.15, 0.2) is 9.34 Å². The summed E-state index contributed by atoms with van der Waals surface area (Å²) in [6, 6.07) is 3.72. The summed E-state index contributed by atoms with van der Waals surface area (Å²) in [5.41, 5.74) is 5.89. The van der Waals surface area contributed by atoms with E-state index >= 15 is 0 Å². The fraction of sp³-hybridized carbons (Fsp3) is 0.100. The van der Waals surface area contributed by atoms with Crippen LogP contribution in [0.25, 0.3) is 0 Å². The predicted octanol–water partition coefficient (Wildman–Crippen LogP) is 2.74. The molecule has 0 saturated heterocycles. The van der Waals surface area contributed by atoms with Crippen molar-refractivity contribution in [1.29, 1.82) is 0 Å². The van der Waals surface area contributed by atoms with Crippen LogP contribution in [0.4, 0.5) is 15.2 Å². The number of nitrogens with one attached hydrogen (secondary N) is 1. The van der Waals surface area contributed by atoms with Crippen molar-refractivity contribution < 1.29 is 12.8 Å². The number of hydrogen-bond acceptors (Lipinski definition) is 5. The second kappa shape index (κ2) is 5.06. The smallest absolute Gasteiger partial charge is 0.273 e. The summed E-state index contributed by atoms with van der Waals surface area (Å²) < 4.78 is 40.2. The van der Waals surface area contributed by atoms with Gasteiger partial charge in [-0.15, -0.1) is 0 Å². The summed E-state index contributed by atoms with van der Waals surface area (Å²) in [6.07, 6.45) is 0. The van der Waals surface area contributed by atoms with E-state index in [1.807, 2.05) is 0 Å². The number of rotatable bonds is 3. The Labute approximate surface area is 121 Å². The highest BCUT2D eigenvalue weighted by atomic mass is 79.9. The van der Waals surface area contributed by atoms with Gasteiger partial charge in [0.05, 0.1) is 11.4 Å². The van der Waals surface area contributed by atoms with Gasteiger partial charge in [0.2, 0.25) is 0 Å². The number of hydrogen-bond donors (Lipinski definition) is 2. The number of nitrogens with two attached hydrogens (primary N) is 1. The van der Waals surface area contributed by atoms with Crippen LogP contribution >= 0.6 is 27.3 Å². The van der Waals surface area contributed by atoms with Gasteiger partial charge >= 0.3 is 0 Å². The highest BCUT2D eigenvalue weighted by Gasteiger charge is 2.22. The molecule has 0 aliphatic heterocycles. The van der Waals surface area contributed by atoms with Crippen molar-refractivity contribution in [3.63, 3.8) is 0 Å². The summed E-state index contributed by atoms with van der Waals surface area (Å²) in [5.74, 6) is -0.540. The summed E-state index contributed by atoms with van der Waals surface area (Å²) in [5, 5.41) is 0.163. The minimum atomic E-state index is -3.83. The molecule has 19 heavy (non-hydrogen) atoms. The van der Waals surface area contributed by atoms with Crippen molar-refractivity contribution in [2.24, 2.45) is 0 Å². The molecule has 2 rings (SSSR count). The van der Waals surface area contributed by atoms with Crippen molar-refractivity contribution in [2.75, 3.05) is 10.5 Å². The highest BCUT2D eigenvalue weighted by molar-refractivity contribution is 9.10. The number of benzene rings is 1. The lowest BCUT2D eigenvalue weighted by Gasteiger charge is -2.08. The molecule has 0 fully saturated rings. The molecule has 1 aromatic carbocycles. The summed E-state index contributed by atoms with van der Waals surface area (Å²) in [4.78, 5) is 3.85. The number of halogens is 2. The zero-order valence-electron chi connectivity index (χ0n) is 9.65. The molecule has 5 nitrogen and oxygen atoms in total. The maximum Gasteiger partial charge on any atom is 0.273 e. The standard InChI is InChI=1S/C10H9BrFN3O2S2/c1-5-9(18-10(13)14-5)19(16,17)15-8-4-6(12)2-3-7(8)11/h2-4,15H,1H3,(H2,13,14). The van der Waals surface area contributed by atoms with Crippen LogP contribution in [0.3, 0.4) is 0 Å². The number of anilines is 2.